The third-order valence-electron chi connectivity index (χ3n) is 1.49. The lowest BCUT2D eigenvalue weighted by molar-refractivity contribution is 0.585. The van der Waals surface area contributed by atoms with Crippen LogP contribution in [0.15, 0.2) is 0 Å². The molecule has 0 spiro atoms. The molecule has 0 amide bonds. The van der Waals surface area contributed by atoms with E-state index < -0.39 is 0 Å². The second-order valence-corrected chi connectivity index (χ2v) is 8.85. The molecule has 0 aliphatic carbocycles. The fraction of sp³-hybridized carbons (Fsp3) is 1.00. The normalized spacial score (nSPS) is 14.0. The molecular formula is C9H23NS. The largest absolute Gasteiger partial charge is 0.315 e. The van der Waals surface area contributed by atoms with E-state index in [1.165, 1.54) is 18.7 Å². The molecule has 0 unspecified atom stereocenters. The first-order valence-corrected chi connectivity index (χ1v) is 7.34. The summed E-state index contributed by atoms with van der Waals surface area (Å²) in [6.07, 6.45) is 8.46. The van der Waals surface area contributed by atoms with Gasteiger partial charge in [0, 0.05) is 6.04 Å². The maximum atomic E-state index is 3.43. The molecule has 0 radical (unpaired) electrons. The van der Waals surface area contributed by atoms with Crippen molar-refractivity contribution < 1.29 is 0 Å². The van der Waals surface area contributed by atoms with Crippen LogP contribution >= 0.6 is 10.0 Å². The predicted octanol–water partition coefficient (Wildman–Crippen LogP) is 2.07. The Morgan fingerprint density at radius 1 is 1.18 bits per heavy atom. The van der Waals surface area contributed by atoms with Crippen molar-refractivity contribution in [1.29, 1.82) is 0 Å². The quantitative estimate of drug-likeness (QED) is 0.634. The summed E-state index contributed by atoms with van der Waals surface area (Å²) in [6.45, 7) is 5.58. The Labute approximate surface area is 73.3 Å². The topological polar surface area (TPSA) is 12.0 Å². The Morgan fingerprint density at radius 3 is 2.09 bits per heavy atom. The molecule has 0 aromatic rings. The summed E-state index contributed by atoms with van der Waals surface area (Å²) in [5.41, 5.74) is 0. The van der Waals surface area contributed by atoms with Gasteiger partial charge in [-0.25, -0.2) is 10.0 Å². The van der Waals surface area contributed by atoms with Gasteiger partial charge in [0.25, 0.3) is 0 Å². The smallest absolute Gasteiger partial charge is 0.00103 e. The average molecular weight is 177 g/mol. The van der Waals surface area contributed by atoms with Gasteiger partial charge in [0.2, 0.25) is 0 Å². The minimum Gasteiger partial charge on any atom is -0.315 e. The van der Waals surface area contributed by atoms with E-state index in [0.717, 1.165) is 0 Å². The Bertz CT molecular complexity index is 94.2. The lowest BCUT2D eigenvalue weighted by atomic mass is 10.4. The van der Waals surface area contributed by atoms with Crippen LogP contribution in [0.3, 0.4) is 0 Å². The first-order valence-electron chi connectivity index (χ1n) is 4.31. The Hall–Kier alpha value is 0.310. The van der Waals surface area contributed by atoms with Crippen molar-refractivity contribution in [3.05, 3.63) is 0 Å². The van der Waals surface area contributed by atoms with E-state index in [1.807, 2.05) is 0 Å². The van der Waals surface area contributed by atoms with Gasteiger partial charge in [0.1, 0.15) is 0 Å². The molecule has 0 aliphatic heterocycles. The SMILES string of the molecule is CC(C)NCCCS(C)(C)C. The molecule has 0 rings (SSSR count). The zero-order chi connectivity index (χ0) is 8.91. The standard InChI is InChI=1S/C9H23NS/c1-9(2)10-7-6-8-11(3,4)5/h9-10H,6-8H2,1-5H3. The highest BCUT2D eigenvalue weighted by Gasteiger charge is 2.02. The zero-order valence-corrected chi connectivity index (χ0v) is 9.42. The summed E-state index contributed by atoms with van der Waals surface area (Å²) >= 11 is 0. The van der Waals surface area contributed by atoms with E-state index in [0.29, 0.717) is 6.04 Å². The molecule has 2 heteroatoms. The molecule has 0 saturated heterocycles. The van der Waals surface area contributed by atoms with Crippen LogP contribution in [0.4, 0.5) is 0 Å². The molecule has 11 heavy (non-hydrogen) atoms. The molecule has 0 fully saturated rings. The van der Waals surface area contributed by atoms with E-state index in [1.54, 1.807) is 0 Å². The highest BCUT2D eigenvalue weighted by Crippen LogP contribution is 2.34. The predicted molar refractivity (Wildman–Crippen MR) is 58.0 cm³/mol. The fourth-order valence-electron chi connectivity index (χ4n) is 0.896. The van der Waals surface area contributed by atoms with E-state index in [2.05, 4.69) is 37.9 Å². The van der Waals surface area contributed by atoms with Gasteiger partial charge in [-0.15, -0.1) is 0 Å². The maximum Gasteiger partial charge on any atom is 0.00103 e. The zero-order valence-electron chi connectivity index (χ0n) is 8.61. The van der Waals surface area contributed by atoms with Gasteiger partial charge in [-0.3, -0.25) is 0 Å². The van der Waals surface area contributed by atoms with Crippen molar-refractivity contribution in [2.45, 2.75) is 26.3 Å². The van der Waals surface area contributed by atoms with Gasteiger partial charge in [0.15, 0.2) is 0 Å². The first-order chi connectivity index (χ1) is 4.92. The number of hydrogen-bond donors (Lipinski definition) is 1. The molecule has 0 aromatic heterocycles. The molecule has 1 N–H and O–H groups in total. The third-order valence-corrected chi connectivity index (χ3v) is 3.00. The van der Waals surface area contributed by atoms with Gasteiger partial charge in [-0.1, -0.05) is 13.8 Å². The molecule has 0 aromatic carbocycles. The second-order valence-electron chi connectivity index (χ2n) is 4.26. The van der Waals surface area contributed by atoms with Crippen molar-refractivity contribution >= 4 is 10.0 Å². The third kappa shape index (κ3) is 10.3. The van der Waals surface area contributed by atoms with E-state index in [9.17, 15) is 0 Å². The molecule has 0 saturated carbocycles. The van der Waals surface area contributed by atoms with Crippen LogP contribution in [0.5, 0.6) is 0 Å². The van der Waals surface area contributed by atoms with Gasteiger partial charge in [-0.05, 0) is 37.5 Å². The van der Waals surface area contributed by atoms with Crippen LogP contribution in [0.1, 0.15) is 20.3 Å². The lowest BCUT2D eigenvalue weighted by Crippen LogP contribution is -2.24. The number of nitrogens with one attached hydrogen (secondary N) is 1. The summed E-state index contributed by atoms with van der Waals surface area (Å²) in [5, 5.41) is 3.43. The number of rotatable bonds is 5. The summed E-state index contributed by atoms with van der Waals surface area (Å²) in [4.78, 5) is 0. The molecule has 0 atom stereocenters. The molecule has 0 aliphatic rings. The summed E-state index contributed by atoms with van der Waals surface area (Å²) in [6, 6.07) is 0.643. The molecule has 0 bridgehead atoms. The molecule has 70 valence electrons. The summed E-state index contributed by atoms with van der Waals surface area (Å²) in [7, 11) is -0.262. The second kappa shape index (κ2) is 5.04. The highest BCUT2D eigenvalue weighted by atomic mass is 32.3. The van der Waals surface area contributed by atoms with E-state index in [-0.39, 0.29) is 10.0 Å². The van der Waals surface area contributed by atoms with Crippen molar-refractivity contribution in [2.24, 2.45) is 0 Å². The van der Waals surface area contributed by atoms with Gasteiger partial charge < -0.3 is 5.32 Å². The Balaban J connectivity index is 3.15. The lowest BCUT2D eigenvalue weighted by Gasteiger charge is -2.25. The van der Waals surface area contributed by atoms with Crippen LogP contribution in [-0.2, 0) is 0 Å². The van der Waals surface area contributed by atoms with Crippen LogP contribution in [0, 0.1) is 0 Å². The minimum absolute atomic E-state index is 0.262. The van der Waals surface area contributed by atoms with Crippen LogP contribution < -0.4 is 5.32 Å². The van der Waals surface area contributed by atoms with Crippen LogP contribution in [0.2, 0.25) is 0 Å². The molecular weight excluding hydrogens is 154 g/mol. The Kier molecular flexibility index (Phi) is 5.19. The fourth-order valence-corrected chi connectivity index (χ4v) is 1.91. The van der Waals surface area contributed by atoms with Crippen LogP contribution in [-0.4, -0.2) is 37.1 Å². The maximum absolute atomic E-state index is 3.43. The van der Waals surface area contributed by atoms with Crippen molar-refractivity contribution in [1.82, 2.24) is 5.32 Å². The van der Waals surface area contributed by atoms with Crippen molar-refractivity contribution in [3.8, 4) is 0 Å². The van der Waals surface area contributed by atoms with E-state index in [4.69, 9.17) is 0 Å². The minimum atomic E-state index is -0.262. The molecule has 1 nitrogen and oxygen atoms in total. The summed E-state index contributed by atoms with van der Waals surface area (Å²) in [5.74, 6) is 1.40. The van der Waals surface area contributed by atoms with Gasteiger partial charge in [-0.2, -0.15) is 0 Å². The molecule has 0 heterocycles. The van der Waals surface area contributed by atoms with E-state index >= 15 is 0 Å². The highest BCUT2D eigenvalue weighted by molar-refractivity contribution is 8.32. The van der Waals surface area contributed by atoms with Crippen molar-refractivity contribution in [3.63, 3.8) is 0 Å². The first kappa shape index (κ1) is 11.3. The van der Waals surface area contributed by atoms with Crippen LogP contribution in [0.25, 0.3) is 0 Å². The van der Waals surface area contributed by atoms with Crippen molar-refractivity contribution in [2.75, 3.05) is 31.1 Å². The number of hydrogen-bond acceptors (Lipinski definition) is 1. The average Bonchev–Trinajstić information content (AvgIpc) is 1.78. The monoisotopic (exact) mass is 177 g/mol. The summed E-state index contributed by atoms with van der Waals surface area (Å²) < 4.78 is 0. The Morgan fingerprint density at radius 2 is 1.73 bits per heavy atom. The van der Waals surface area contributed by atoms with Gasteiger partial charge in [0.05, 0.1) is 0 Å². The van der Waals surface area contributed by atoms with Gasteiger partial charge >= 0.3 is 0 Å².